The van der Waals surface area contributed by atoms with E-state index in [0.717, 1.165) is 19.3 Å². The number of carbonyl (C=O) groups is 1. The zero-order chi connectivity index (χ0) is 10.7. The van der Waals surface area contributed by atoms with Gasteiger partial charge in [-0.2, -0.15) is 0 Å². The van der Waals surface area contributed by atoms with E-state index >= 15 is 0 Å². The van der Waals surface area contributed by atoms with Crippen molar-refractivity contribution in [2.24, 2.45) is 0 Å². The SMILES string of the molecule is O=C(NC1CC1)[C@@H](Br)Cc1ccccc1. The number of hydrogen-bond acceptors (Lipinski definition) is 1. The Labute approximate surface area is 98.2 Å². The minimum atomic E-state index is -0.111. The van der Waals surface area contributed by atoms with E-state index in [1.54, 1.807) is 0 Å². The molecular formula is C12H14BrNO. The summed E-state index contributed by atoms with van der Waals surface area (Å²) < 4.78 is 0. The molecule has 15 heavy (non-hydrogen) atoms. The Balaban J connectivity index is 1.85. The third kappa shape index (κ3) is 3.34. The third-order valence-electron chi connectivity index (χ3n) is 2.47. The van der Waals surface area contributed by atoms with Crippen molar-refractivity contribution in [1.29, 1.82) is 0 Å². The molecule has 1 saturated carbocycles. The lowest BCUT2D eigenvalue weighted by molar-refractivity contribution is -0.120. The van der Waals surface area contributed by atoms with Crippen LogP contribution in [0.5, 0.6) is 0 Å². The number of hydrogen-bond donors (Lipinski definition) is 1. The van der Waals surface area contributed by atoms with Crippen molar-refractivity contribution in [3.63, 3.8) is 0 Å². The van der Waals surface area contributed by atoms with Gasteiger partial charge in [0.15, 0.2) is 0 Å². The van der Waals surface area contributed by atoms with E-state index < -0.39 is 0 Å². The predicted octanol–water partition coefficient (Wildman–Crippen LogP) is 2.27. The Kier molecular flexibility index (Phi) is 3.41. The molecule has 3 heteroatoms. The zero-order valence-corrected chi connectivity index (χ0v) is 10.0. The van der Waals surface area contributed by atoms with Crippen LogP contribution in [-0.2, 0) is 11.2 Å². The van der Waals surface area contributed by atoms with Gasteiger partial charge in [-0.05, 0) is 24.8 Å². The lowest BCUT2D eigenvalue weighted by Gasteiger charge is -2.09. The van der Waals surface area contributed by atoms with Crippen molar-refractivity contribution >= 4 is 21.8 Å². The van der Waals surface area contributed by atoms with Crippen LogP contribution in [0.1, 0.15) is 18.4 Å². The summed E-state index contributed by atoms with van der Waals surface area (Å²) in [6, 6.07) is 10.5. The Morgan fingerprint density at radius 1 is 1.40 bits per heavy atom. The lowest BCUT2D eigenvalue weighted by atomic mass is 10.1. The molecule has 0 heterocycles. The average Bonchev–Trinajstić information content (AvgIpc) is 3.03. The van der Waals surface area contributed by atoms with E-state index in [1.807, 2.05) is 30.3 Å². The van der Waals surface area contributed by atoms with Crippen molar-refractivity contribution in [3.8, 4) is 0 Å². The number of nitrogens with one attached hydrogen (secondary N) is 1. The fourth-order valence-electron chi connectivity index (χ4n) is 1.43. The molecule has 1 fully saturated rings. The largest absolute Gasteiger partial charge is 0.352 e. The van der Waals surface area contributed by atoms with E-state index in [4.69, 9.17) is 0 Å². The van der Waals surface area contributed by atoms with Crippen LogP contribution in [0.15, 0.2) is 30.3 Å². The Morgan fingerprint density at radius 3 is 2.67 bits per heavy atom. The first-order valence-corrected chi connectivity index (χ1v) is 6.15. The molecule has 1 amide bonds. The van der Waals surface area contributed by atoms with Crippen molar-refractivity contribution in [1.82, 2.24) is 5.32 Å². The highest BCUT2D eigenvalue weighted by atomic mass is 79.9. The van der Waals surface area contributed by atoms with Crippen LogP contribution in [-0.4, -0.2) is 16.8 Å². The van der Waals surface area contributed by atoms with Gasteiger partial charge in [0, 0.05) is 6.04 Å². The molecule has 1 N–H and O–H groups in total. The van der Waals surface area contributed by atoms with Crippen LogP contribution in [0.2, 0.25) is 0 Å². The highest BCUT2D eigenvalue weighted by molar-refractivity contribution is 9.10. The van der Waals surface area contributed by atoms with Gasteiger partial charge in [-0.3, -0.25) is 4.79 Å². The first-order valence-electron chi connectivity index (χ1n) is 5.24. The number of benzene rings is 1. The van der Waals surface area contributed by atoms with Crippen LogP contribution in [0.25, 0.3) is 0 Å². The molecule has 1 aliphatic carbocycles. The van der Waals surface area contributed by atoms with E-state index in [-0.39, 0.29) is 10.7 Å². The highest BCUT2D eigenvalue weighted by Gasteiger charge is 2.26. The molecule has 1 atom stereocenters. The second-order valence-corrected chi connectivity index (χ2v) is 5.05. The molecule has 0 bridgehead atoms. The van der Waals surface area contributed by atoms with Gasteiger partial charge in [0.1, 0.15) is 0 Å². The molecule has 0 aromatic heterocycles. The fourth-order valence-corrected chi connectivity index (χ4v) is 1.94. The monoisotopic (exact) mass is 267 g/mol. The lowest BCUT2D eigenvalue weighted by Crippen LogP contribution is -2.33. The van der Waals surface area contributed by atoms with Crippen molar-refractivity contribution < 1.29 is 4.79 Å². The standard InChI is InChI=1S/C12H14BrNO/c13-11(12(15)14-10-6-7-10)8-9-4-2-1-3-5-9/h1-5,10-11H,6-8H2,(H,14,15)/t11-/m0/s1. The molecule has 0 radical (unpaired) electrons. The van der Waals surface area contributed by atoms with E-state index in [9.17, 15) is 4.79 Å². The van der Waals surface area contributed by atoms with Gasteiger partial charge in [0.05, 0.1) is 4.83 Å². The maximum atomic E-state index is 11.6. The zero-order valence-electron chi connectivity index (χ0n) is 8.45. The molecule has 80 valence electrons. The maximum Gasteiger partial charge on any atom is 0.234 e. The average molecular weight is 268 g/mol. The molecule has 0 saturated heterocycles. The Hall–Kier alpha value is -0.830. The van der Waals surface area contributed by atoms with Crippen molar-refractivity contribution in [3.05, 3.63) is 35.9 Å². The molecule has 0 spiro atoms. The normalized spacial score (nSPS) is 17.1. The summed E-state index contributed by atoms with van der Waals surface area (Å²) >= 11 is 3.42. The quantitative estimate of drug-likeness (QED) is 0.834. The first kappa shape index (κ1) is 10.7. The molecule has 2 nitrogen and oxygen atoms in total. The van der Waals surface area contributed by atoms with Crippen molar-refractivity contribution in [2.45, 2.75) is 30.1 Å². The summed E-state index contributed by atoms with van der Waals surface area (Å²) in [7, 11) is 0. The molecule has 1 aliphatic rings. The number of carbonyl (C=O) groups excluding carboxylic acids is 1. The van der Waals surface area contributed by atoms with Crippen LogP contribution in [0.3, 0.4) is 0 Å². The van der Waals surface area contributed by atoms with Crippen LogP contribution in [0, 0.1) is 0 Å². The summed E-state index contributed by atoms with van der Waals surface area (Å²) in [5.74, 6) is 0.112. The summed E-state index contributed by atoms with van der Waals surface area (Å²) in [4.78, 5) is 11.5. The van der Waals surface area contributed by atoms with Gasteiger partial charge in [0.25, 0.3) is 0 Å². The maximum absolute atomic E-state index is 11.6. The smallest absolute Gasteiger partial charge is 0.234 e. The van der Waals surface area contributed by atoms with Gasteiger partial charge in [-0.25, -0.2) is 0 Å². The summed E-state index contributed by atoms with van der Waals surface area (Å²) in [6.07, 6.45) is 3.02. The van der Waals surface area contributed by atoms with Gasteiger partial charge in [-0.1, -0.05) is 46.3 Å². The van der Waals surface area contributed by atoms with Gasteiger partial charge >= 0.3 is 0 Å². The van der Waals surface area contributed by atoms with Crippen LogP contribution < -0.4 is 5.32 Å². The van der Waals surface area contributed by atoms with Crippen LogP contribution in [0.4, 0.5) is 0 Å². The molecule has 0 unspecified atom stereocenters. The second-order valence-electron chi connectivity index (χ2n) is 3.94. The number of rotatable bonds is 4. The number of halogens is 1. The van der Waals surface area contributed by atoms with E-state index in [2.05, 4.69) is 21.2 Å². The Bertz CT molecular complexity index is 335. The molecule has 0 aliphatic heterocycles. The number of amides is 1. The molecule has 1 aromatic carbocycles. The topological polar surface area (TPSA) is 29.1 Å². The first-order chi connectivity index (χ1) is 7.25. The Morgan fingerprint density at radius 2 is 2.07 bits per heavy atom. The van der Waals surface area contributed by atoms with Gasteiger partial charge < -0.3 is 5.32 Å². The van der Waals surface area contributed by atoms with E-state index in [0.29, 0.717) is 6.04 Å². The summed E-state index contributed by atoms with van der Waals surface area (Å²) in [5.41, 5.74) is 1.19. The van der Waals surface area contributed by atoms with E-state index in [1.165, 1.54) is 5.56 Å². The fraction of sp³-hybridized carbons (Fsp3) is 0.417. The summed E-state index contributed by atoms with van der Waals surface area (Å²) in [5, 5.41) is 2.99. The van der Waals surface area contributed by atoms with Gasteiger partial charge in [0.2, 0.25) is 5.91 Å². The second kappa shape index (κ2) is 4.79. The predicted molar refractivity (Wildman–Crippen MR) is 64.0 cm³/mol. The molecule has 1 aromatic rings. The minimum absolute atomic E-state index is 0.111. The molecular weight excluding hydrogens is 254 g/mol. The minimum Gasteiger partial charge on any atom is -0.352 e. The van der Waals surface area contributed by atoms with Crippen molar-refractivity contribution in [2.75, 3.05) is 0 Å². The number of alkyl halides is 1. The van der Waals surface area contributed by atoms with Crippen LogP contribution >= 0.6 is 15.9 Å². The van der Waals surface area contributed by atoms with Gasteiger partial charge in [-0.15, -0.1) is 0 Å². The summed E-state index contributed by atoms with van der Waals surface area (Å²) in [6.45, 7) is 0. The third-order valence-corrected chi connectivity index (χ3v) is 3.21. The highest BCUT2D eigenvalue weighted by Crippen LogP contribution is 2.20. The molecule has 2 rings (SSSR count).